The highest BCUT2D eigenvalue weighted by atomic mass is 16.4. The third-order valence-electron chi connectivity index (χ3n) is 6.05. The van der Waals surface area contributed by atoms with Crippen LogP contribution in [-0.4, -0.2) is 134 Å². The van der Waals surface area contributed by atoms with Gasteiger partial charge in [0.25, 0.3) is 0 Å². The van der Waals surface area contributed by atoms with Crippen LogP contribution in [0.2, 0.25) is 0 Å². The first-order valence-corrected chi connectivity index (χ1v) is 13.7. The molecule has 0 rings (SSSR count). The summed E-state index contributed by atoms with van der Waals surface area (Å²) in [6, 6.07) is -9.62. The minimum Gasteiger partial charge on any atom is -0.481 e. The van der Waals surface area contributed by atoms with Crippen molar-refractivity contribution in [3.8, 4) is 0 Å². The van der Waals surface area contributed by atoms with Gasteiger partial charge in [-0.2, -0.15) is 0 Å². The van der Waals surface area contributed by atoms with Crippen LogP contribution in [-0.2, 0) is 38.4 Å². The fourth-order valence-electron chi connectivity index (χ4n) is 3.63. The zero-order chi connectivity index (χ0) is 34.9. The highest BCUT2D eigenvalue weighted by Crippen LogP contribution is 2.05. The lowest BCUT2D eigenvalue weighted by molar-refractivity contribution is -0.144. The van der Waals surface area contributed by atoms with E-state index in [0.717, 1.165) is 0 Å². The average molecular weight is 651 g/mol. The van der Waals surface area contributed by atoms with Crippen LogP contribution in [0.15, 0.2) is 0 Å². The molecule has 0 aliphatic carbocycles. The van der Waals surface area contributed by atoms with Gasteiger partial charge in [0, 0.05) is 12.8 Å². The molecule has 0 aliphatic heterocycles. The second-order valence-electron chi connectivity index (χ2n) is 10.3. The van der Waals surface area contributed by atoms with Crippen LogP contribution in [0.1, 0.15) is 46.0 Å². The van der Waals surface area contributed by atoms with E-state index in [-0.39, 0.29) is 12.3 Å². The molecule has 0 unspecified atom stereocenters. The molecule has 20 nitrogen and oxygen atoms in total. The topological polar surface area (TPSA) is 344 Å². The summed E-state index contributed by atoms with van der Waals surface area (Å²) in [7, 11) is 0. The molecule has 0 aromatic heterocycles. The summed E-state index contributed by atoms with van der Waals surface area (Å²) in [6.45, 7) is 0.548. The van der Waals surface area contributed by atoms with E-state index >= 15 is 0 Å². The minimum atomic E-state index is -1.84. The largest absolute Gasteiger partial charge is 0.481 e. The third-order valence-corrected chi connectivity index (χ3v) is 6.05. The second-order valence-corrected chi connectivity index (χ2v) is 10.3. The summed E-state index contributed by atoms with van der Waals surface area (Å²) in [6.07, 6.45) is -2.17. The molecule has 0 heterocycles. The lowest BCUT2D eigenvalue weighted by Gasteiger charge is -2.25. The van der Waals surface area contributed by atoms with E-state index in [1.165, 1.54) is 0 Å². The molecule has 0 aliphatic rings. The van der Waals surface area contributed by atoms with Gasteiger partial charge in [-0.05, 0) is 25.2 Å². The maximum atomic E-state index is 12.8. The molecule has 0 saturated heterocycles. The molecule has 0 radical (unpaired) electrons. The molecule has 0 bridgehead atoms. The van der Waals surface area contributed by atoms with E-state index in [0.29, 0.717) is 0 Å². The van der Waals surface area contributed by atoms with Crippen molar-refractivity contribution in [2.45, 2.75) is 82.2 Å². The predicted octanol–water partition coefficient (Wildman–Crippen LogP) is -5.43. The number of carboxylic acids is 3. The van der Waals surface area contributed by atoms with Crippen molar-refractivity contribution in [1.82, 2.24) is 26.6 Å². The number of nitrogens with one attached hydrogen (secondary N) is 5. The summed E-state index contributed by atoms with van der Waals surface area (Å²) in [5, 5.41) is 66.2. The van der Waals surface area contributed by atoms with E-state index in [9.17, 15) is 58.8 Å². The lowest BCUT2D eigenvalue weighted by Crippen LogP contribution is -2.61. The maximum Gasteiger partial charge on any atom is 0.326 e. The van der Waals surface area contributed by atoms with Crippen molar-refractivity contribution in [1.29, 1.82) is 0 Å². The van der Waals surface area contributed by atoms with Gasteiger partial charge in [0.1, 0.15) is 30.2 Å². The molecule has 45 heavy (non-hydrogen) atoms. The van der Waals surface area contributed by atoms with E-state index in [2.05, 4.69) is 16.0 Å². The summed E-state index contributed by atoms with van der Waals surface area (Å²) in [5.41, 5.74) is 5.75. The number of hydrogen-bond acceptors (Lipinski definition) is 12. The van der Waals surface area contributed by atoms with Gasteiger partial charge in [0.15, 0.2) is 0 Å². The van der Waals surface area contributed by atoms with Crippen LogP contribution in [0, 0.1) is 5.92 Å². The van der Waals surface area contributed by atoms with Crippen LogP contribution in [0.3, 0.4) is 0 Å². The molecule has 0 aromatic rings. The Bertz CT molecular complexity index is 1070. The summed E-state index contributed by atoms with van der Waals surface area (Å²) >= 11 is 0. The number of nitrogens with two attached hydrogens (primary N) is 1. The smallest absolute Gasteiger partial charge is 0.326 e. The molecular formula is C25H42N6O14. The van der Waals surface area contributed by atoms with E-state index in [4.69, 9.17) is 15.9 Å². The Balaban J connectivity index is 5.57. The first-order valence-electron chi connectivity index (χ1n) is 13.7. The van der Waals surface area contributed by atoms with Crippen molar-refractivity contribution < 1.29 is 69.0 Å². The Hall–Kier alpha value is -4.40. The van der Waals surface area contributed by atoms with Gasteiger partial charge in [-0.1, -0.05) is 13.8 Å². The number of hydrogen-bond donors (Lipinski definition) is 12. The van der Waals surface area contributed by atoms with Gasteiger partial charge in [0.05, 0.1) is 25.9 Å². The molecular weight excluding hydrogens is 608 g/mol. The molecule has 20 heteroatoms. The fourth-order valence-corrected chi connectivity index (χ4v) is 3.63. The highest BCUT2D eigenvalue weighted by Gasteiger charge is 2.32. The van der Waals surface area contributed by atoms with Crippen LogP contribution in [0.5, 0.6) is 0 Å². The van der Waals surface area contributed by atoms with Crippen molar-refractivity contribution in [3.05, 3.63) is 0 Å². The molecule has 256 valence electrons. The second kappa shape index (κ2) is 20.5. The van der Waals surface area contributed by atoms with E-state index < -0.39 is 129 Å². The van der Waals surface area contributed by atoms with E-state index in [1.807, 2.05) is 10.6 Å². The van der Waals surface area contributed by atoms with Gasteiger partial charge in [-0.25, -0.2) is 4.79 Å². The monoisotopic (exact) mass is 650 g/mol. The summed E-state index contributed by atoms with van der Waals surface area (Å²) < 4.78 is 0. The van der Waals surface area contributed by atoms with Crippen LogP contribution < -0.4 is 32.3 Å². The maximum absolute atomic E-state index is 12.8. The van der Waals surface area contributed by atoms with Crippen molar-refractivity contribution in [2.75, 3.05) is 19.8 Å². The van der Waals surface area contributed by atoms with Crippen molar-refractivity contribution >= 4 is 47.4 Å². The SMILES string of the molecule is CC(C)C[C@H](N)C(=O)N[C@@H](CO)C(=O)N[C@@H](CO)C(=O)N[C@@H](CO)C(=O)N[C@@H](CCC(=O)O)C(=O)N[C@@H](CCC(=O)O)C(=O)O. The van der Waals surface area contributed by atoms with Gasteiger partial charge in [-0.3, -0.25) is 33.6 Å². The van der Waals surface area contributed by atoms with Gasteiger partial charge in [-0.15, -0.1) is 0 Å². The molecule has 0 aromatic carbocycles. The molecule has 6 atom stereocenters. The minimum absolute atomic E-state index is 0.0404. The molecule has 13 N–H and O–H groups in total. The first-order chi connectivity index (χ1) is 21.0. The normalized spacial score (nSPS) is 14.9. The Morgan fingerprint density at radius 1 is 0.533 bits per heavy atom. The highest BCUT2D eigenvalue weighted by molar-refractivity contribution is 5.96. The first kappa shape index (κ1) is 40.6. The fraction of sp³-hybridized carbons (Fsp3) is 0.680. The van der Waals surface area contributed by atoms with Crippen LogP contribution in [0.25, 0.3) is 0 Å². The lowest BCUT2D eigenvalue weighted by atomic mass is 10.0. The van der Waals surface area contributed by atoms with E-state index in [1.54, 1.807) is 13.8 Å². The van der Waals surface area contributed by atoms with Crippen molar-refractivity contribution in [3.63, 3.8) is 0 Å². The average Bonchev–Trinajstić information content (AvgIpc) is 2.95. The molecule has 5 amide bonds. The number of aliphatic hydroxyl groups excluding tert-OH is 3. The molecule has 0 fully saturated rings. The Kier molecular flexibility index (Phi) is 18.5. The molecule has 0 saturated carbocycles. The number of amides is 5. The zero-order valence-corrected chi connectivity index (χ0v) is 24.7. The number of carbonyl (C=O) groups is 8. The van der Waals surface area contributed by atoms with Crippen LogP contribution in [0.4, 0.5) is 0 Å². The van der Waals surface area contributed by atoms with Gasteiger partial charge < -0.3 is 63.0 Å². The Labute approximate surface area is 257 Å². The van der Waals surface area contributed by atoms with Gasteiger partial charge >= 0.3 is 17.9 Å². The number of aliphatic carboxylic acids is 3. The van der Waals surface area contributed by atoms with Crippen molar-refractivity contribution in [2.24, 2.45) is 11.7 Å². The predicted molar refractivity (Wildman–Crippen MR) is 150 cm³/mol. The quantitative estimate of drug-likeness (QED) is 0.0520. The number of rotatable bonds is 22. The zero-order valence-electron chi connectivity index (χ0n) is 24.7. The number of carboxylic acid groups (broad SMARTS) is 3. The molecule has 0 spiro atoms. The van der Waals surface area contributed by atoms with Gasteiger partial charge in [0.2, 0.25) is 29.5 Å². The Morgan fingerprint density at radius 2 is 0.844 bits per heavy atom. The third kappa shape index (κ3) is 15.8. The standard InChI is InChI=1S/C25H42N6O14/c1-11(2)7-12(26)20(39)29-15(8-32)23(42)31-17(10-34)24(43)30-16(9-33)22(41)27-13(3-5-18(35)36)21(40)28-14(25(44)45)4-6-19(37)38/h11-17,32-34H,3-10,26H2,1-2H3,(H,27,41)(H,28,40)(H,29,39)(H,30,43)(H,31,42)(H,35,36)(H,37,38)(H,44,45)/t12-,13-,14-,15-,16-,17-/m0/s1. The number of carbonyl (C=O) groups excluding carboxylic acids is 5. The Morgan fingerprint density at radius 3 is 1.18 bits per heavy atom. The van der Waals surface area contributed by atoms with Crippen LogP contribution >= 0.6 is 0 Å². The summed E-state index contributed by atoms with van der Waals surface area (Å²) in [4.78, 5) is 96.3. The summed E-state index contributed by atoms with van der Waals surface area (Å²) in [5.74, 6) is -9.87. The number of aliphatic hydroxyl groups is 3.